The monoisotopic (exact) mass is 297 g/mol. The van der Waals surface area contributed by atoms with Gasteiger partial charge in [0.05, 0.1) is 11.5 Å². The summed E-state index contributed by atoms with van der Waals surface area (Å²) in [6.45, 7) is 4.30. The zero-order valence-electron chi connectivity index (χ0n) is 11.9. The maximum absolute atomic E-state index is 12.4. The molecule has 0 atom stereocenters. The molecule has 4 heteroatoms. The second-order valence-electron chi connectivity index (χ2n) is 4.40. The van der Waals surface area contributed by atoms with Gasteiger partial charge in [-0.3, -0.25) is 4.79 Å². The van der Waals surface area contributed by atoms with E-state index >= 15 is 0 Å². The van der Waals surface area contributed by atoms with E-state index in [4.69, 9.17) is 4.74 Å². The molecule has 0 spiro atoms. The lowest BCUT2D eigenvalue weighted by Gasteiger charge is -2.07. The van der Waals surface area contributed by atoms with E-state index in [0.717, 1.165) is 11.1 Å². The van der Waals surface area contributed by atoms with Crippen molar-refractivity contribution in [2.75, 3.05) is 6.61 Å². The van der Waals surface area contributed by atoms with E-state index in [2.05, 4.69) is 0 Å². The molecule has 0 saturated heterocycles. The lowest BCUT2D eigenvalue weighted by Crippen LogP contribution is -2.01. The van der Waals surface area contributed by atoms with E-state index in [1.807, 2.05) is 55.6 Å². The Kier molecular flexibility index (Phi) is 4.91. The molecule has 0 unspecified atom stereocenters. The molecule has 0 radical (unpaired) electrons. The molecule has 106 valence electrons. The predicted octanol–water partition coefficient (Wildman–Crippen LogP) is 4.25. The van der Waals surface area contributed by atoms with Crippen LogP contribution in [0.4, 0.5) is 0 Å². The lowest BCUT2D eigenvalue weighted by atomic mass is 10.0. The Balaban J connectivity index is 2.40. The van der Waals surface area contributed by atoms with Gasteiger partial charge in [-0.2, -0.15) is 5.26 Å². The average Bonchev–Trinajstić information content (AvgIpc) is 2.92. The number of rotatable bonds is 5. The van der Waals surface area contributed by atoms with Gasteiger partial charge >= 0.3 is 0 Å². The third-order valence-corrected chi connectivity index (χ3v) is 3.97. The highest BCUT2D eigenvalue weighted by Gasteiger charge is 2.16. The fourth-order valence-electron chi connectivity index (χ4n) is 1.92. The first-order valence-corrected chi connectivity index (χ1v) is 7.47. The number of nitriles is 1. The molecule has 3 nitrogen and oxygen atoms in total. The molecule has 2 rings (SSSR count). The second kappa shape index (κ2) is 6.87. The molecule has 1 heterocycles. The van der Waals surface area contributed by atoms with Crippen LogP contribution in [0, 0.1) is 18.3 Å². The molecule has 2 aromatic rings. The molecule has 0 fully saturated rings. The van der Waals surface area contributed by atoms with Gasteiger partial charge in [0.1, 0.15) is 17.4 Å². The standard InChI is InChI=1S/C17H15NO2S/c1-3-20-15-7-5-4-6-13(15)10-14(11-18)16(19)17-12(2)8-9-21-17/h4-10H,3H2,1-2H3. The van der Waals surface area contributed by atoms with Crippen molar-refractivity contribution in [1.82, 2.24) is 0 Å². The normalized spacial score (nSPS) is 11.0. The summed E-state index contributed by atoms with van der Waals surface area (Å²) in [6.07, 6.45) is 1.59. The van der Waals surface area contributed by atoms with Gasteiger partial charge < -0.3 is 4.74 Å². The number of nitrogens with zero attached hydrogens (tertiary/aromatic N) is 1. The first kappa shape index (κ1) is 15.0. The van der Waals surface area contributed by atoms with Crippen molar-refractivity contribution < 1.29 is 9.53 Å². The lowest BCUT2D eigenvalue weighted by molar-refractivity contribution is 0.104. The van der Waals surface area contributed by atoms with E-state index in [1.54, 1.807) is 6.08 Å². The summed E-state index contributed by atoms with van der Waals surface area (Å²) in [5.74, 6) is 0.430. The number of allylic oxidation sites excluding steroid dienone is 1. The van der Waals surface area contributed by atoms with Crippen LogP contribution in [0.5, 0.6) is 5.75 Å². The summed E-state index contributed by atoms with van der Waals surface area (Å²) in [5.41, 5.74) is 1.75. The van der Waals surface area contributed by atoms with E-state index in [9.17, 15) is 10.1 Å². The van der Waals surface area contributed by atoms with Crippen LogP contribution in [0.15, 0.2) is 41.3 Å². The number of ether oxygens (including phenoxy) is 1. The Hall–Kier alpha value is -2.38. The van der Waals surface area contributed by atoms with Crippen molar-refractivity contribution in [3.05, 3.63) is 57.3 Å². The summed E-state index contributed by atoms with van der Waals surface area (Å²) < 4.78 is 5.51. The van der Waals surface area contributed by atoms with Crippen LogP contribution < -0.4 is 4.74 Å². The minimum absolute atomic E-state index is 0.118. The van der Waals surface area contributed by atoms with Crippen molar-refractivity contribution in [2.45, 2.75) is 13.8 Å². The van der Waals surface area contributed by atoms with Crippen molar-refractivity contribution in [3.8, 4) is 11.8 Å². The molecule has 0 saturated carbocycles. The fraction of sp³-hybridized carbons (Fsp3) is 0.176. The third-order valence-electron chi connectivity index (χ3n) is 2.95. The van der Waals surface area contributed by atoms with Crippen LogP contribution in [0.25, 0.3) is 6.08 Å². The zero-order valence-corrected chi connectivity index (χ0v) is 12.7. The number of benzene rings is 1. The van der Waals surface area contributed by atoms with Gasteiger partial charge in [-0.1, -0.05) is 18.2 Å². The SMILES string of the molecule is CCOc1ccccc1C=C(C#N)C(=O)c1sccc1C. The number of carbonyl (C=O) groups is 1. The summed E-state index contributed by atoms with van der Waals surface area (Å²) in [4.78, 5) is 13.0. The molecule has 21 heavy (non-hydrogen) atoms. The topological polar surface area (TPSA) is 50.1 Å². The Morgan fingerprint density at radius 3 is 2.76 bits per heavy atom. The van der Waals surface area contributed by atoms with Crippen LogP contribution >= 0.6 is 11.3 Å². The number of Topliss-reactive ketones (excluding diaryl/α,β-unsaturated/α-hetero) is 1. The van der Waals surface area contributed by atoms with E-state index in [1.165, 1.54) is 11.3 Å². The molecule has 0 bridgehead atoms. The fourth-order valence-corrected chi connectivity index (χ4v) is 2.80. The molecular formula is C17H15NO2S. The summed E-state index contributed by atoms with van der Waals surface area (Å²) in [5, 5.41) is 11.1. The molecule has 0 N–H and O–H groups in total. The average molecular weight is 297 g/mol. The summed E-state index contributed by atoms with van der Waals surface area (Å²) in [6, 6.07) is 11.2. The smallest absolute Gasteiger partial charge is 0.213 e. The minimum atomic E-state index is -0.240. The number of hydrogen-bond donors (Lipinski definition) is 0. The quantitative estimate of drug-likeness (QED) is 0.471. The number of thiophene rings is 1. The number of para-hydroxylation sites is 1. The van der Waals surface area contributed by atoms with Crippen molar-refractivity contribution in [3.63, 3.8) is 0 Å². The minimum Gasteiger partial charge on any atom is -0.493 e. The van der Waals surface area contributed by atoms with Gasteiger partial charge in [0, 0.05) is 5.56 Å². The molecule has 1 aromatic heterocycles. The van der Waals surface area contributed by atoms with Crippen LogP contribution in [-0.4, -0.2) is 12.4 Å². The van der Waals surface area contributed by atoms with Gasteiger partial charge in [-0.15, -0.1) is 11.3 Å². The highest BCUT2D eigenvalue weighted by molar-refractivity contribution is 7.12. The van der Waals surface area contributed by atoms with Crippen molar-refractivity contribution >= 4 is 23.2 Å². The zero-order chi connectivity index (χ0) is 15.2. The van der Waals surface area contributed by atoms with E-state index in [-0.39, 0.29) is 11.4 Å². The predicted molar refractivity (Wildman–Crippen MR) is 84.6 cm³/mol. The largest absolute Gasteiger partial charge is 0.493 e. The Labute approximate surface area is 128 Å². The number of carbonyl (C=O) groups excluding carboxylic acids is 1. The van der Waals surface area contributed by atoms with Gasteiger partial charge in [0.15, 0.2) is 0 Å². The van der Waals surface area contributed by atoms with Crippen molar-refractivity contribution in [1.29, 1.82) is 5.26 Å². The Bertz CT molecular complexity index is 722. The van der Waals surface area contributed by atoms with Crippen LogP contribution in [0.2, 0.25) is 0 Å². The molecule has 0 aliphatic carbocycles. The third kappa shape index (κ3) is 3.39. The molecule has 0 aliphatic rings. The number of ketones is 1. The van der Waals surface area contributed by atoms with Crippen LogP contribution in [0.1, 0.15) is 27.7 Å². The Morgan fingerprint density at radius 1 is 1.38 bits per heavy atom. The highest BCUT2D eigenvalue weighted by atomic mass is 32.1. The maximum Gasteiger partial charge on any atom is 0.213 e. The number of hydrogen-bond acceptors (Lipinski definition) is 4. The first-order chi connectivity index (χ1) is 10.2. The van der Waals surface area contributed by atoms with Gasteiger partial charge in [-0.05, 0) is 43.0 Å². The van der Waals surface area contributed by atoms with E-state index in [0.29, 0.717) is 17.2 Å². The van der Waals surface area contributed by atoms with Crippen LogP contribution in [0.3, 0.4) is 0 Å². The highest BCUT2D eigenvalue weighted by Crippen LogP contribution is 2.24. The first-order valence-electron chi connectivity index (χ1n) is 6.59. The van der Waals surface area contributed by atoms with Gasteiger partial charge in [0.25, 0.3) is 0 Å². The van der Waals surface area contributed by atoms with Crippen LogP contribution in [-0.2, 0) is 0 Å². The van der Waals surface area contributed by atoms with Gasteiger partial charge in [0.2, 0.25) is 5.78 Å². The summed E-state index contributed by atoms with van der Waals surface area (Å²) >= 11 is 1.35. The molecule has 0 aliphatic heterocycles. The molecular weight excluding hydrogens is 282 g/mol. The van der Waals surface area contributed by atoms with Gasteiger partial charge in [-0.25, -0.2) is 0 Å². The van der Waals surface area contributed by atoms with E-state index < -0.39 is 0 Å². The second-order valence-corrected chi connectivity index (χ2v) is 5.32. The molecule has 0 amide bonds. The maximum atomic E-state index is 12.4. The molecule has 1 aromatic carbocycles. The number of aryl methyl sites for hydroxylation is 1. The summed E-state index contributed by atoms with van der Waals surface area (Å²) in [7, 11) is 0. The van der Waals surface area contributed by atoms with Crippen molar-refractivity contribution in [2.24, 2.45) is 0 Å². The Morgan fingerprint density at radius 2 is 2.14 bits per heavy atom.